The highest BCUT2D eigenvalue weighted by molar-refractivity contribution is 8.00. The number of carbonyl (C=O) groups is 1. The Morgan fingerprint density at radius 1 is 1.18 bits per heavy atom. The lowest BCUT2D eigenvalue weighted by Crippen LogP contribution is -2.25. The summed E-state index contributed by atoms with van der Waals surface area (Å²) in [7, 11) is 0. The second-order valence-corrected chi connectivity index (χ2v) is 6.12. The largest absolute Gasteiger partial charge is 0.348 e. The highest BCUT2D eigenvalue weighted by Crippen LogP contribution is 2.26. The number of thioether (sulfide) groups is 1. The van der Waals surface area contributed by atoms with Crippen LogP contribution in [0.15, 0.2) is 53.4 Å². The van der Waals surface area contributed by atoms with Crippen LogP contribution in [0.3, 0.4) is 0 Å². The van der Waals surface area contributed by atoms with Gasteiger partial charge in [-0.05, 0) is 24.3 Å². The number of para-hydroxylation sites is 2. The van der Waals surface area contributed by atoms with Crippen LogP contribution in [0.25, 0.3) is 11.0 Å². The first kappa shape index (κ1) is 14.9. The van der Waals surface area contributed by atoms with Gasteiger partial charge in [-0.2, -0.15) is 0 Å². The van der Waals surface area contributed by atoms with Crippen molar-refractivity contribution in [2.75, 3.05) is 5.75 Å². The average molecular weight is 332 g/mol. The summed E-state index contributed by atoms with van der Waals surface area (Å²) in [5, 5.41) is 3.52. The van der Waals surface area contributed by atoms with Gasteiger partial charge in [0.25, 0.3) is 0 Å². The van der Waals surface area contributed by atoms with E-state index in [1.807, 2.05) is 48.5 Å². The molecule has 6 heteroatoms. The van der Waals surface area contributed by atoms with Crippen molar-refractivity contribution in [2.45, 2.75) is 11.4 Å². The van der Waals surface area contributed by atoms with Crippen molar-refractivity contribution >= 4 is 40.3 Å². The summed E-state index contributed by atoms with van der Waals surface area (Å²) in [5.74, 6) is 1.02. The number of imidazole rings is 1. The van der Waals surface area contributed by atoms with Gasteiger partial charge in [0.05, 0.1) is 28.4 Å². The van der Waals surface area contributed by atoms with E-state index in [1.165, 1.54) is 11.8 Å². The molecule has 0 unspecified atom stereocenters. The molecule has 1 amide bonds. The molecular formula is C16H14ClN3OS. The minimum absolute atomic E-state index is 0.0506. The second kappa shape index (κ2) is 6.85. The molecule has 3 rings (SSSR count). The van der Waals surface area contributed by atoms with Crippen LogP contribution in [-0.2, 0) is 11.3 Å². The Bertz CT molecular complexity index is 770. The maximum Gasteiger partial charge on any atom is 0.230 e. The summed E-state index contributed by atoms with van der Waals surface area (Å²) in [6, 6.07) is 15.3. The van der Waals surface area contributed by atoms with Gasteiger partial charge in [-0.25, -0.2) is 4.98 Å². The molecule has 0 radical (unpaired) electrons. The molecular weight excluding hydrogens is 318 g/mol. The van der Waals surface area contributed by atoms with Gasteiger partial charge in [0.2, 0.25) is 5.91 Å². The smallest absolute Gasteiger partial charge is 0.230 e. The van der Waals surface area contributed by atoms with Crippen molar-refractivity contribution in [1.82, 2.24) is 15.3 Å². The van der Waals surface area contributed by atoms with Crippen molar-refractivity contribution in [3.63, 3.8) is 0 Å². The van der Waals surface area contributed by atoms with E-state index in [2.05, 4.69) is 15.3 Å². The fourth-order valence-electron chi connectivity index (χ4n) is 2.03. The number of nitrogens with one attached hydrogen (secondary N) is 2. The Kier molecular flexibility index (Phi) is 4.65. The predicted octanol–water partition coefficient (Wildman–Crippen LogP) is 3.62. The Balaban J connectivity index is 1.53. The molecule has 1 aromatic heterocycles. The molecule has 0 saturated heterocycles. The lowest BCUT2D eigenvalue weighted by molar-refractivity contribution is -0.118. The van der Waals surface area contributed by atoms with Gasteiger partial charge in [0.15, 0.2) is 0 Å². The number of rotatable bonds is 5. The fraction of sp³-hybridized carbons (Fsp3) is 0.125. The first-order chi connectivity index (χ1) is 10.7. The van der Waals surface area contributed by atoms with E-state index in [0.717, 1.165) is 21.8 Å². The minimum Gasteiger partial charge on any atom is -0.348 e. The zero-order valence-corrected chi connectivity index (χ0v) is 13.2. The molecule has 0 spiro atoms. The molecule has 4 nitrogen and oxygen atoms in total. The third kappa shape index (κ3) is 3.61. The highest BCUT2D eigenvalue weighted by Gasteiger charge is 2.07. The molecule has 3 aromatic rings. The van der Waals surface area contributed by atoms with Gasteiger partial charge < -0.3 is 10.3 Å². The lowest BCUT2D eigenvalue weighted by atomic mass is 10.3. The quantitative estimate of drug-likeness (QED) is 0.702. The zero-order valence-electron chi connectivity index (χ0n) is 11.7. The molecule has 0 saturated carbocycles. The SMILES string of the molecule is O=C(CSc1ccccc1Cl)NCc1nc2ccccc2[nH]1. The van der Waals surface area contributed by atoms with E-state index >= 15 is 0 Å². The van der Waals surface area contributed by atoms with Crippen molar-refractivity contribution < 1.29 is 4.79 Å². The molecule has 112 valence electrons. The number of aromatic nitrogens is 2. The van der Waals surface area contributed by atoms with Gasteiger partial charge >= 0.3 is 0 Å². The number of carbonyl (C=O) groups excluding carboxylic acids is 1. The topological polar surface area (TPSA) is 57.8 Å². The van der Waals surface area contributed by atoms with Crippen LogP contribution in [0.4, 0.5) is 0 Å². The maximum atomic E-state index is 11.9. The minimum atomic E-state index is -0.0506. The van der Waals surface area contributed by atoms with E-state index < -0.39 is 0 Å². The molecule has 0 atom stereocenters. The third-order valence-electron chi connectivity index (χ3n) is 3.09. The molecule has 2 aromatic carbocycles. The summed E-state index contributed by atoms with van der Waals surface area (Å²) in [6.07, 6.45) is 0. The lowest BCUT2D eigenvalue weighted by Gasteiger charge is -2.04. The van der Waals surface area contributed by atoms with Crippen molar-refractivity contribution in [1.29, 1.82) is 0 Å². The van der Waals surface area contributed by atoms with Crippen LogP contribution < -0.4 is 5.32 Å². The van der Waals surface area contributed by atoms with Crippen LogP contribution in [-0.4, -0.2) is 21.6 Å². The van der Waals surface area contributed by atoms with Gasteiger partial charge in [-0.1, -0.05) is 35.9 Å². The Labute approximate surface area is 137 Å². The molecule has 0 bridgehead atoms. The van der Waals surface area contributed by atoms with Crippen molar-refractivity contribution in [2.24, 2.45) is 0 Å². The number of H-pyrrole nitrogens is 1. The first-order valence-corrected chi connectivity index (χ1v) is 8.16. The molecule has 0 aliphatic carbocycles. The average Bonchev–Trinajstić information content (AvgIpc) is 2.95. The molecule has 0 aliphatic rings. The summed E-state index contributed by atoms with van der Waals surface area (Å²) in [6.45, 7) is 0.386. The van der Waals surface area contributed by atoms with Crippen LogP contribution >= 0.6 is 23.4 Å². The van der Waals surface area contributed by atoms with Crippen molar-refractivity contribution in [3.8, 4) is 0 Å². The van der Waals surface area contributed by atoms with Crippen LogP contribution in [0.5, 0.6) is 0 Å². The van der Waals surface area contributed by atoms with E-state index in [9.17, 15) is 4.79 Å². The van der Waals surface area contributed by atoms with E-state index in [-0.39, 0.29) is 5.91 Å². The summed E-state index contributed by atoms with van der Waals surface area (Å²) in [4.78, 5) is 20.4. The van der Waals surface area contributed by atoms with Gasteiger partial charge in [0.1, 0.15) is 5.82 Å². The Morgan fingerprint density at radius 3 is 2.77 bits per heavy atom. The summed E-state index contributed by atoms with van der Waals surface area (Å²) in [5.41, 5.74) is 1.87. The van der Waals surface area contributed by atoms with Crippen molar-refractivity contribution in [3.05, 3.63) is 59.4 Å². The van der Waals surface area contributed by atoms with Gasteiger partial charge in [-0.3, -0.25) is 4.79 Å². The third-order valence-corrected chi connectivity index (χ3v) is 4.60. The Morgan fingerprint density at radius 2 is 1.95 bits per heavy atom. The number of fused-ring (bicyclic) bond motifs is 1. The number of hydrogen-bond donors (Lipinski definition) is 2. The molecule has 0 fully saturated rings. The zero-order chi connectivity index (χ0) is 15.4. The van der Waals surface area contributed by atoms with E-state index in [1.54, 1.807) is 0 Å². The number of benzene rings is 2. The molecule has 1 heterocycles. The van der Waals surface area contributed by atoms with E-state index in [0.29, 0.717) is 17.3 Å². The van der Waals surface area contributed by atoms with Crippen LogP contribution in [0.2, 0.25) is 5.02 Å². The van der Waals surface area contributed by atoms with E-state index in [4.69, 9.17) is 11.6 Å². The number of hydrogen-bond acceptors (Lipinski definition) is 3. The van der Waals surface area contributed by atoms with Gasteiger partial charge in [-0.15, -0.1) is 11.8 Å². The normalized spacial score (nSPS) is 10.8. The first-order valence-electron chi connectivity index (χ1n) is 6.80. The fourth-order valence-corrected chi connectivity index (χ4v) is 3.10. The Hall–Kier alpha value is -1.98. The number of halogens is 1. The standard InChI is InChI=1S/C16H14ClN3OS/c17-11-5-1-4-8-14(11)22-10-16(21)18-9-15-19-12-6-2-3-7-13(12)20-15/h1-8H,9-10H2,(H,18,21)(H,19,20). The molecule has 22 heavy (non-hydrogen) atoms. The number of aromatic amines is 1. The monoisotopic (exact) mass is 331 g/mol. The highest BCUT2D eigenvalue weighted by atomic mass is 35.5. The number of nitrogens with zero attached hydrogens (tertiary/aromatic N) is 1. The maximum absolute atomic E-state index is 11.9. The molecule has 2 N–H and O–H groups in total. The predicted molar refractivity (Wildman–Crippen MR) is 90.1 cm³/mol. The van der Waals surface area contributed by atoms with Crippen LogP contribution in [0.1, 0.15) is 5.82 Å². The summed E-state index contributed by atoms with van der Waals surface area (Å²) >= 11 is 7.48. The number of amides is 1. The second-order valence-electron chi connectivity index (χ2n) is 4.70. The van der Waals surface area contributed by atoms with Crippen LogP contribution in [0, 0.1) is 0 Å². The molecule has 0 aliphatic heterocycles. The van der Waals surface area contributed by atoms with Gasteiger partial charge in [0, 0.05) is 4.90 Å². The summed E-state index contributed by atoms with van der Waals surface area (Å²) < 4.78 is 0.